The van der Waals surface area contributed by atoms with Crippen molar-refractivity contribution in [3.8, 4) is 29.0 Å². The molecule has 0 fully saturated rings. The van der Waals surface area contributed by atoms with E-state index in [0.29, 0.717) is 33.4 Å². The standard InChI is InChI=1S/C15H6ClN5O/c1-18-12-2-3-13(19-8-12)14-20-15(22-21-14)10-4-9(7-17)5-11(16)6-10/h2-6,8H. The molecule has 0 aliphatic rings. The van der Waals surface area contributed by atoms with Crippen LogP contribution in [0.25, 0.3) is 27.8 Å². The third-order valence-electron chi connectivity index (χ3n) is 2.81. The van der Waals surface area contributed by atoms with E-state index in [4.69, 9.17) is 28.0 Å². The lowest BCUT2D eigenvalue weighted by atomic mass is 10.1. The van der Waals surface area contributed by atoms with Crippen LogP contribution in [0.3, 0.4) is 0 Å². The number of hydrogen-bond donors (Lipinski definition) is 0. The second kappa shape index (κ2) is 5.65. The van der Waals surface area contributed by atoms with E-state index in [1.807, 2.05) is 6.07 Å². The summed E-state index contributed by atoms with van der Waals surface area (Å²) in [6.07, 6.45) is 1.44. The zero-order chi connectivity index (χ0) is 15.5. The van der Waals surface area contributed by atoms with Crippen molar-refractivity contribution in [2.24, 2.45) is 0 Å². The molecule has 0 N–H and O–H groups in total. The summed E-state index contributed by atoms with van der Waals surface area (Å²) in [5.41, 5.74) is 1.88. The van der Waals surface area contributed by atoms with Crippen LogP contribution in [-0.2, 0) is 0 Å². The average Bonchev–Trinajstić information content (AvgIpc) is 3.04. The minimum absolute atomic E-state index is 0.241. The van der Waals surface area contributed by atoms with Crippen LogP contribution in [-0.4, -0.2) is 15.1 Å². The first-order valence-corrected chi connectivity index (χ1v) is 6.46. The molecule has 0 saturated heterocycles. The summed E-state index contributed by atoms with van der Waals surface area (Å²) in [6, 6.07) is 10.1. The SMILES string of the molecule is [C-]#[N+]c1ccc(-c2noc(-c3cc(Cl)cc(C#N)c3)n2)nc1. The number of nitriles is 1. The molecule has 104 valence electrons. The maximum Gasteiger partial charge on any atom is 0.258 e. The Morgan fingerprint density at radius 2 is 2.14 bits per heavy atom. The molecule has 2 aromatic heterocycles. The van der Waals surface area contributed by atoms with Gasteiger partial charge in [-0.3, -0.25) is 4.98 Å². The largest absolute Gasteiger partial charge is 0.334 e. The van der Waals surface area contributed by atoms with Crippen LogP contribution >= 0.6 is 11.6 Å². The average molecular weight is 308 g/mol. The number of aromatic nitrogens is 3. The Hall–Kier alpha value is -3.22. The third kappa shape index (κ3) is 2.64. The molecule has 0 atom stereocenters. The van der Waals surface area contributed by atoms with Crippen molar-refractivity contribution in [1.29, 1.82) is 5.26 Å². The Kier molecular flexibility index (Phi) is 3.53. The lowest BCUT2D eigenvalue weighted by molar-refractivity contribution is 0.432. The van der Waals surface area contributed by atoms with Crippen molar-refractivity contribution in [3.63, 3.8) is 0 Å². The molecule has 3 rings (SSSR count). The van der Waals surface area contributed by atoms with Crippen LogP contribution < -0.4 is 0 Å². The maximum absolute atomic E-state index is 8.96. The van der Waals surface area contributed by atoms with Crippen LogP contribution in [0.1, 0.15) is 5.56 Å². The second-order valence-corrected chi connectivity index (χ2v) is 4.71. The molecule has 0 amide bonds. The number of benzene rings is 1. The molecular weight excluding hydrogens is 302 g/mol. The Balaban J connectivity index is 1.98. The van der Waals surface area contributed by atoms with Gasteiger partial charge in [0.2, 0.25) is 11.5 Å². The van der Waals surface area contributed by atoms with Gasteiger partial charge in [0.1, 0.15) is 5.69 Å². The van der Waals surface area contributed by atoms with Crippen molar-refractivity contribution < 1.29 is 4.52 Å². The summed E-state index contributed by atoms with van der Waals surface area (Å²) in [6.45, 7) is 6.89. The van der Waals surface area contributed by atoms with Gasteiger partial charge in [-0.05, 0) is 24.3 Å². The molecule has 0 aliphatic carbocycles. The molecule has 0 radical (unpaired) electrons. The Morgan fingerprint density at radius 3 is 2.82 bits per heavy atom. The maximum atomic E-state index is 8.96. The lowest BCUT2D eigenvalue weighted by Crippen LogP contribution is -1.85. The van der Waals surface area contributed by atoms with E-state index in [1.165, 1.54) is 6.20 Å². The van der Waals surface area contributed by atoms with Crippen LogP contribution in [0, 0.1) is 17.9 Å². The van der Waals surface area contributed by atoms with Gasteiger partial charge in [0.05, 0.1) is 18.2 Å². The summed E-state index contributed by atoms with van der Waals surface area (Å²) < 4.78 is 5.19. The summed E-state index contributed by atoms with van der Waals surface area (Å²) in [4.78, 5) is 11.6. The fraction of sp³-hybridized carbons (Fsp3) is 0. The van der Waals surface area contributed by atoms with E-state index in [-0.39, 0.29) is 5.89 Å². The molecule has 1 aromatic carbocycles. The van der Waals surface area contributed by atoms with E-state index in [2.05, 4.69) is 20.0 Å². The Bertz CT molecular complexity index is 918. The first-order valence-electron chi connectivity index (χ1n) is 6.08. The van der Waals surface area contributed by atoms with E-state index in [0.717, 1.165) is 0 Å². The summed E-state index contributed by atoms with van der Waals surface area (Å²) >= 11 is 5.95. The van der Waals surface area contributed by atoms with Crippen molar-refractivity contribution >= 4 is 17.3 Å². The van der Waals surface area contributed by atoms with Gasteiger partial charge in [-0.15, -0.1) is 0 Å². The molecule has 2 heterocycles. The van der Waals surface area contributed by atoms with Gasteiger partial charge in [-0.2, -0.15) is 10.2 Å². The van der Waals surface area contributed by atoms with Crippen molar-refractivity contribution in [2.45, 2.75) is 0 Å². The fourth-order valence-electron chi connectivity index (χ4n) is 1.81. The first kappa shape index (κ1) is 13.7. The highest BCUT2D eigenvalue weighted by atomic mass is 35.5. The molecule has 0 saturated carbocycles. The molecule has 3 aromatic rings. The highest BCUT2D eigenvalue weighted by Crippen LogP contribution is 2.25. The molecule has 0 unspecified atom stereocenters. The van der Waals surface area contributed by atoms with Gasteiger partial charge in [0.15, 0.2) is 0 Å². The number of pyridine rings is 1. The molecule has 0 bridgehead atoms. The summed E-state index contributed by atoms with van der Waals surface area (Å²) in [5, 5.41) is 13.2. The normalized spacial score (nSPS) is 9.95. The first-order chi connectivity index (χ1) is 10.7. The van der Waals surface area contributed by atoms with Crippen molar-refractivity contribution in [1.82, 2.24) is 15.1 Å². The number of hydrogen-bond acceptors (Lipinski definition) is 5. The monoisotopic (exact) mass is 307 g/mol. The van der Waals surface area contributed by atoms with Gasteiger partial charge < -0.3 is 4.52 Å². The molecule has 0 spiro atoms. The number of halogens is 1. The van der Waals surface area contributed by atoms with Crippen LogP contribution in [0.5, 0.6) is 0 Å². The molecule has 22 heavy (non-hydrogen) atoms. The third-order valence-corrected chi connectivity index (χ3v) is 3.02. The molecular formula is C15H6ClN5O. The zero-order valence-corrected chi connectivity index (χ0v) is 11.7. The predicted octanol–water partition coefficient (Wildman–Crippen LogP) is 3.87. The highest BCUT2D eigenvalue weighted by Gasteiger charge is 2.13. The van der Waals surface area contributed by atoms with E-state index in [9.17, 15) is 0 Å². The van der Waals surface area contributed by atoms with E-state index >= 15 is 0 Å². The van der Waals surface area contributed by atoms with Gasteiger partial charge in [0.25, 0.3) is 5.89 Å². The minimum Gasteiger partial charge on any atom is -0.334 e. The topological polar surface area (TPSA) is 80.0 Å². The zero-order valence-electron chi connectivity index (χ0n) is 11.0. The van der Waals surface area contributed by atoms with E-state index < -0.39 is 0 Å². The Labute approximate surface area is 130 Å². The second-order valence-electron chi connectivity index (χ2n) is 4.28. The van der Waals surface area contributed by atoms with Crippen molar-refractivity contribution in [3.05, 3.63) is 58.5 Å². The quantitative estimate of drug-likeness (QED) is 0.671. The summed E-state index contributed by atoms with van der Waals surface area (Å²) in [7, 11) is 0. The molecule has 6 nitrogen and oxygen atoms in total. The molecule has 0 aliphatic heterocycles. The van der Waals surface area contributed by atoms with E-state index in [1.54, 1.807) is 30.3 Å². The number of rotatable bonds is 2. The number of nitrogens with zero attached hydrogens (tertiary/aromatic N) is 5. The highest BCUT2D eigenvalue weighted by molar-refractivity contribution is 6.31. The minimum atomic E-state index is 0.241. The van der Waals surface area contributed by atoms with Crippen LogP contribution in [0.15, 0.2) is 41.1 Å². The smallest absolute Gasteiger partial charge is 0.258 e. The van der Waals surface area contributed by atoms with Crippen molar-refractivity contribution in [2.75, 3.05) is 0 Å². The Morgan fingerprint density at radius 1 is 1.27 bits per heavy atom. The molecule has 7 heteroatoms. The van der Waals surface area contributed by atoms with Crippen LogP contribution in [0.2, 0.25) is 5.02 Å². The van der Waals surface area contributed by atoms with Gasteiger partial charge in [-0.1, -0.05) is 22.8 Å². The van der Waals surface area contributed by atoms with Gasteiger partial charge in [0, 0.05) is 16.8 Å². The van der Waals surface area contributed by atoms with Gasteiger partial charge in [-0.25, -0.2) is 4.85 Å². The lowest BCUT2D eigenvalue weighted by Gasteiger charge is -1.97. The van der Waals surface area contributed by atoms with Gasteiger partial charge >= 0.3 is 0 Å². The van der Waals surface area contributed by atoms with Crippen LogP contribution in [0.4, 0.5) is 5.69 Å². The predicted molar refractivity (Wildman–Crippen MR) is 79.0 cm³/mol. The fourth-order valence-corrected chi connectivity index (χ4v) is 2.04. The summed E-state index contributed by atoms with van der Waals surface area (Å²) in [5.74, 6) is 0.537.